The molecule has 1 amide bonds. The molecule has 0 radical (unpaired) electrons. The van der Waals surface area contributed by atoms with Gasteiger partial charge in [0.15, 0.2) is 0 Å². The summed E-state index contributed by atoms with van der Waals surface area (Å²) in [5.41, 5.74) is 6.60. The van der Waals surface area contributed by atoms with Crippen LogP contribution in [-0.4, -0.2) is 17.7 Å². The van der Waals surface area contributed by atoms with Gasteiger partial charge in [0.25, 0.3) is 0 Å². The van der Waals surface area contributed by atoms with Crippen molar-refractivity contribution in [1.82, 2.24) is 4.98 Å². The van der Waals surface area contributed by atoms with Gasteiger partial charge in [0.05, 0.1) is 6.61 Å². The smallest absolute Gasteiger partial charge is 0.404 e. The van der Waals surface area contributed by atoms with Gasteiger partial charge in [-0.25, -0.2) is 9.18 Å². The highest BCUT2D eigenvalue weighted by atomic mass is 19.1. The van der Waals surface area contributed by atoms with Gasteiger partial charge in [0.2, 0.25) is 0 Å². The SMILES string of the molecule is NC(=O)OCCc1c[nH]c2ccc(F)cc12. The van der Waals surface area contributed by atoms with Crippen molar-refractivity contribution in [3.05, 3.63) is 35.8 Å². The highest BCUT2D eigenvalue weighted by Gasteiger charge is 2.05. The molecule has 16 heavy (non-hydrogen) atoms. The van der Waals surface area contributed by atoms with E-state index in [-0.39, 0.29) is 12.4 Å². The van der Waals surface area contributed by atoms with Gasteiger partial charge in [-0.2, -0.15) is 0 Å². The molecule has 0 aliphatic heterocycles. The summed E-state index contributed by atoms with van der Waals surface area (Å²) in [5, 5.41) is 0.799. The maximum atomic E-state index is 13.0. The van der Waals surface area contributed by atoms with Gasteiger partial charge in [-0.15, -0.1) is 0 Å². The largest absolute Gasteiger partial charge is 0.449 e. The second-order valence-corrected chi connectivity index (χ2v) is 3.42. The number of fused-ring (bicyclic) bond motifs is 1. The number of halogens is 1. The molecular weight excluding hydrogens is 211 g/mol. The lowest BCUT2D eigenvalue weighted by molar-refractivity contribution is 0.158. The molecule has 1 heterocycles. The van der Waals surface area contributed by atoms with Crippen molar-refractivity contribution in [2.24, 2.45) is 5.73 Å². The average Bonchev–Trinajstić information content (AvgIpc) is 2.60. The molecule has 5 heteroatoms. The Morgan fingerprint density at radius 2 is 2.31 bits per heavy atom. The first-order valence-electron chi connectivity index (χ1n) is 4.84. The van der Waals surface area contributed by atoms with E-state index in [4.69, 9.17) is 5.73 Å². The summed E-state index contributed by atoms with van der Waals surface area (Å²) in [7, 11) is 0. The van der Waals surface area contributed by atoms with Crippen LogP contribution in [0.15, 0.2) is 24.4 Å². The van der Waals surface area contributed by atoms with Crippen molar-refractivity contribution in [2.45, 2.75) is 6.42 Å². The molecule has 0 aliphatic rings. The van der Waals surface area contributed by atoms with E-state index in [9.17, 15) is 9.18 Å². The summed E-state index contributed by atoms with van der Waals surface area (Å²) in [6.45, 7) is 0.193. The van der Waals surface area contributed by atoms with Crippen LogP contribution in [0.4, 0.5) is 9.18 Å². The average molecular weight is 222 g/mol. The van der Waals surface area contributed by atoms with Gasteiger partial charge in [0.1, 0.15) is 5.82 Å². The number of benzene rings is 1. The number of hydrogen-bond donors (Lipinski definition) is 2. The molecule has 0 fully saturated rings. The van der Waals surface area contributed by atoms with Gasteiger partial charge in [-0.05, 0) is 23.8 Å². The summed E-state index contributed by atoms with van der Waals surface area (Å²) in [6, 6.07) is 4.51. The Morgan fingerprint density at radius 1 is 1.50 bits per heavy atom. The van der Waals surface area contributed by atoms with Crippen LogP contribution in [0.2, 0.25) is 0 Å². The van der Waals surface area contributed by atoms with Crippen LogP contribution in [0.3, 0.4) is 0 Å². The predicted molar refractivity (Wildman–Crippen MR) is 57.5 cm³/mol. The zero-order chi connectivity index (χ0) is 11.5. The first-order valence-corrected chi connectivity index (χ1v) is 4.84. The summed E-state index contributed by atoms with van der Waals surface area (Å²) < 4.78 is 17.7. The van der Waals surface area contributed by atoms with Gasteiger partial charge >= 0.3 is 6.09 Å². The minimum Gasteiger partial charge on any atom is -0.449 e. The van der Waals surface area contributed by atoms with Crippen molar-refractivity contribution in [1.29, 1.82) is 0 Å². The van der Waals surface area contributed by atoms with E-state index >= 15 is 0 Å². The number of ether oxygens (including phenoxy) is 1. The molecule has 1 aromatic carbocycles. The molecule has 0 spiro atoms. The Morgan fingerprint density at radius 3 is 3.06 bits per heavy atom. The van der Waals surface area contributed by atoms with Gasteiger partial charge < -0.3 is 15.5 Å². The number of nitrogens with two attached hydrogens (primary N) is 1. The van der Waals surface area contributed by atoms with E-state index < -0.39 is 6.09 Å². The van der Waals surface area contributed by atoms with Crippen molar-refractivity contribution < 1.29 is 13.9 Å². The number of carbonyl (C=O) groups excluding carboxylic acids is 1. The third-order valence-corrected chi connectivity index (χ3v) is 2.35. The number of carbonyl (C=O) groups is 1. The molecule has 2 rings (SSSR count). The van der Waals surface area contributed by atoms with Crippen molar-refractivity contribution >= 4 is 17.0 Å². The number of H-pyrrole nitrogens is 1. The summed E-state index contributed by atoms with van der Waals surface area (Å²) in [5.74, 6) is -0.288. The minimum absolute atomic E-state index is 0.193. The van der Waals surface area contributed by atoms with Crippen molar-refractivity contribution in [3.63, 3.8) is 0 Å². The number of aromatic nitrogens is 1. The Labute approximate surface area is 91.2 Å². The zero-order valence-electron chi connectivity index (χ0n) is 8.50. The number of rotatable bonds is 3. The molecule has 1 aromatic heterocycles. The van der Waals surface area contributed by atoms with E-state index in [0.717, 1.165) is 16.5 Å². The van der Waals surface area contributed by atoms with E-state index in [1.54, 1.807) is 12.3 Å². The molecule has 0 saturated heterocycles. The summed E-state index contributed by atoms with van der Waals surface area (Å²) in [6.07, 6.45) is 1.48. The van der Waals surface area contributed by atoms with E-state index in [0.29, 0.717) is 6.42 Å². The monoisotopic (exact) mass is 222 g/mol. The van der Waals surface area contributed by atoms with Gasteiger partial charge in [-0.3, -0.25) is 0 Å². The zero-order valence-corrected chi connectivity index (χ0v) is 8.50. The predicted octanol–water partition coefficient (Wildman–Crippen LogP) is 1.94. The summed E-state index contributed by atoms with van der Waals surface area (Å²) >= 11 is 0. The molecule has 2 aromatic rings. The minimum atomic E-state index is -0.800. The Bertz CT molecular complexity index is 522. The normalized spacial score (nSPS) is 10.6. The molecule has 84 valence electrons. The van der Waals surface area contributed by atoms with Gasteiger partial charge in [-0.1, -0.05) is 0 Å². The fourth-order valence-electron chi connectivity index (χ4n) is 1.62. The lowest BCUT2D eigenvalue weighted by atomic mass is 10.1. The van der Waals surface area contributed by atoms with Crippen LogP contribution in [0.1, 0.15) is 5.56 Å². The molecule has 0 saturated carbocycles. The fourth-order valence-corrected chi connectivity index (χ4v) is 1.62. The van der Waals surface area contributed by atoms with Crippen LogP contribution >= 0.6 is 0 Å². The molecule has 0 aliphatic carbocycles. The van der Waals surface area contributed by atoms with Crippen LogP contribution < -0.4 is 5.73 Å². The second-order valence-electron chi connectivity index (χ2n) is 3.42. The third kappa shape index (κ3) is 2.13. The van der Waals surface area contributed by atoms with Crippen LogP contribution in [0.5, 0.6) is 0 Å². The standard InChI is InChI=1S/C11H11FN2O2/c12-8-1-2-10-9(5-8)7(6-14-10)3-4-16-11(13)15/h1-2,5-6,14H,3-4H2,(H2,13,15). The Hall–Kier alpha value is -2.04. The van der Waals surface area contributed by atoms with Crippen molar-refractivity contribution in [2.75, 3.05) is 6.61 Å². The lowest BCUT2D eigenvalue weighted by Gasteiger charge is -2.00. The molecular formula is C11H11FN2O2. The quantitative estimate of drug-likeness (QED) is 0.833. The Balaban J connectivity index is 2.17. The number of amides is 1. The van der Waals surface area contributed by atoms with Crippen LogP contribution in [-0.2, 0) is 11.2 Å². The highest BCUT2D eigenvalue weighted by Crippen LogP contribution is 2.19. The molecule has 3 N–H and O–H groups in total. The molecule has 0 atom stereocenters. The van der Waals surface area contributed by atoms with E-state index in [2.05, 4.69) is 9.72 Å². The second kappa shape index (κ2) is 4.22. The lowest BCUT2D eigenvalue weighted by Crippen LogP contribution is -2.14. The van der Waals surface area contributed by atoms with Crippen LogP contribution in [0, 0.1) is 5.82 Å². The maximum absolute atomic E-state index is 13.0. The number of primary amides is 1. The summed E-state index contributed by atoms with van der Waals surface area (Å²) in [4.78, 5) is 13.4. The molecule has 0 unspecified atom stereocenters. The maximum Gasteiger partial charge on any atom is 0.404 e. The fraction of sp³-hybridized carbons (Fsp3) is 0.182. The molecule has 0 bridgehead atoms. The third-order valence-electron chi connectivity index (χ3n) is 2.35. The first-order chi connectivity index (χ1) is 7.66. The number of nitrogens with one attached hydrogen (secondary N) is 1. The van der Waals surface area contributed by atoms with Crippen LogP contribution in [0.25, 0.3) is 10.9 Å². The Kier molecular flexibility index (Phi) is 2.76. The first kappa shape index (κ1) is 10.5. The molecule has 4 nitrogen and oxygen atoms in total. The van der Waals surface area contributed by atoms with Gasteiger partial charge in [0, 0.05) is 23.5 Å². The number of aromatic amines is 1. The van der Waals surface area contributed by atoms with E-state index in [1.807, 2.05) is 0 Å². The number of hydrogen-bond acceptors (Lipinski definition) is 2. The van der Waals surface area contributed by atoms with E-state index in [1.165, 1.54) is 12.1 Å². The van der Waals surface area contributed by atoms with Crippen molar-refractivity contribution in [3.8, 4) is 0 Å². The topological polar surface area (TPSA) is 68.1 Å². The highest BCUT2D eigenvalue weighted by molar-refractivity contribution is 5.83.